The maximum absolute atomic E-state index is 9.40. The Bertz CT molecular complexity index is 737. The smallest absolute Gasteiger partial charge is 0.178 e. The van der Waals surface area contributed by atoms with E-state index in [1.807, 2.05) is 60.7 Å². The van der Waals surface area contributed by atoms with Crippen LogP contribution in [0.1, 0.15) is 11.3 Å². The summed E-state index contributed by atoms with van der Waals surface area (Å²) in [5.41, 5.74) is 3.29. The summed E-state index contributed by atoms with van der Waals surface area (Å²) in [6, 6.07) is 21.9. The molecule has 0 unspecified atom stereocenters. The number of benzene rings is 2. The Morgan fingerprint density at radius 3 is 2.30 bits per heavy atom. The van der Waals surface area contributed by atoms with Crippen molar-refractivity contribution in [3.05, 3.63) is 78.2 Å². The molecule has 0 aliphatic carbocycles. The predicted octanol–water partition coefficient (Wildman–Crippen LogP) is 3.27. The van der Waals surface area contributed by atoms with Crippen molar-refractivity contribution in [2.24, 2.45) is 0 Å². The van der Waals surface area contributed by atoms with E-state index in [1.54, 1.807) is 4.57 Å². The predicted molar refractivity (Wildman–Crippen MR) is 76.8 cm³/mol. The van der Waals surface area contributed by atoms with Crippen molar-refractivity contribution in [2.45, 2.75) is 6.54 Å². The van der Waals surface area contributed by atoms with Gasteiger partial charge in [-0.25, -0.2) is 4.98 Å². The maximum atomic E-state index is 9.40. The van der Waals surface area contributed by atoms with Crippen LogP contribution >= 0.6 is 0 Å². The van der Waals surface area contributed by atoms with Crippen LogP contribution < -0.4 is 0 Å². The third-order valence-corrected chi connectivity index (χ3v) is 3.11. The molecule has 0 atom stereocenters. The van der Waals surface area contributed by atoms with Gasteiger partial charge in [0.1, 0.15) is 17.5 Å². The van der Waals surface area contributed by atoms with E-state index < -0.39 is 0 Å². The van der Waals surface area contributed by atoms with Crippen molar-refractivity contribution in [3.63, 3.8) is 0 Å². The van der Waals surface area contributed by atoms with Gasteiger partial charge in [0.15, 0.2) is 6.33 Å². The first-order valence-electron chi connectivity index (χ1n) is 6.36. The van der Waals surface area contributed by atoms with E-state index in [-0.39, 0.29) is 0 Å². The van der Waals surface area contributed by atoms with Crippen LogP contribution in [0.3, 0.4) is 0 Å². The largest absolute Gasteiger partial charge is 0.308 e. The second kappa shape index (κ2) is 5.41. The summed E-state index contributed by atoms with van der Waals surface area (Å²) in [6.07, 6.45) is 2.92. The van der Waals surface area contributed by atoms with Gasteiger partial charge in [-0.05, 0) is 5.56 Å². The Morgan fingerprint density at radius 2 is 1.65 bits per heavy atom. The third kappa shape index (κ3) is 2.32. The molecule has 20 heavy (non-hydrogen) atoms. The molecule has 0 N–H and O–H groups in total. The van der Waals surface area contributed by atoms with E-state index in [9.17, 15) is 5.26 Å². The molecule has 0 aliphatic rings. The van der Waals surface area contributed by atoms with Crippen LogP contribution in [-0.4, -0.2) is 9.55 Å². The van der Waals surface area contributed by atoms with Gasteiger partial charge in [0.25, 0.3) is 0 Å². The summed E-state index contributed by atoms with van der Waals surface area (Å²) in [5.74, 6) is 0. The number of aromatic nitrogens is 2. The summed E-state index contributed by atoms with van der Waals surface area (Å²) in [7, 11) is 0. The molecule has 0 fully saturated rings. The number of hydrogen-bond donors (Lipinski definition) is 0. The summed E-state index contributed by atoms with van der Waals surface area (Å²) in [6.45, 7) is 0.601. The van der Waals surface area contributed by atoms with Gasteiger partial charge in [0, 0.05) is 5.56 Å². The van der Waals surface area contributed by atoms with Crippen LogP contribution in [0.15, 0.2) is 60.7 Å². The first-order valence-corrected chi connectivity index (χ1v) is 6.36. The molecule has 1 heterocycles. The van der Waals surface area contributed by atoms with Crippen molar-refractivity contribution in [1.29, 1.82) is 5.26 Å². The zero-order valence-electron chi connectivity index (χ0n) is 10.8. The second-order valence-electron chi connectivity index (χ2n) is 4.46. The molecule has 3 heteroatoms. The Morgan fingerprint density at radius 1 is 1.00 bits per heavy atom. The van der Waals surface area contributed by atoms with Gasteiger partial charge in [-0.15, -0.1) is 0 Å². The number of nitrogens with zero attached hydrogens (tertiary/aromatic N) is 3. The van der Waals surface area contributed by atoms with Gasteiger partial charge in [0.2, 0.25) is 0 Å². The fraction of sp³-hybridized carbons (Fsp3) is 0.0588. The number of nitriles is 1. The van der Waals surface area contributed by atoms with Gasteiger partial charge < -0.3 is 4.57 Å². The Hall–Kier alpha value is -2.86. The summed E-state index contributed by atoms with van der Waals surface area (Å²) in [5, 5.41) is 9.40. The van der Waals surface area contributed by atoms with Gasteiger partial charge in [-0.2, -0.15) is 5.26 Å². The average molecular weight is 258 g/mol. The molecule has 3 aromatic rings. The molecule has 0 aliphatic heterocycles. The minimum absolute atomic E-state index is 0.542. The fourth-order valence-corrected chi connectivity index (χ4v) is 2.13. The van der Waals surface area contributed by atoms with Gasteiger partial charge in [-0.3, -0.25) is 0 Å². The zero-order valence-corrected chi connectivity index (χ0v) is 10.8. The second-order valence-corrected chi connectivity index (χ2v) is 4.46. The number of rotatable bonds is 3. The molecular formula is C17H12N3. The molecule has 1 radical (unpaired) electrons. The minimum atomic E-state index is 0.542. The lowest BCUT2D eigenvalue weighted by molar-refractivity contribution is 0.779. The minimum Gasteiger partial charge on any atom is -0.308 e. The highest BCUT2D eigenvalue weighted by Crippen LogP contribution is 2.21. The Kier molecular flexibility index (Phi) is 3.30. The molecule has 2 aromatic carbocycles. The molecule has 0 saturated heterocycles. The quantitative estimate of drug-likeness (QED) is 0.723. The van der Waals surface area contributed by atoms with Gasteiger partial charge in [0.05, 0.1) is 6.54 Å². The van der Waals surface area contributed by atoms with E-state index in [1.165, 1.54) is 0 Å². The first kappa shape index (κ1) is 12.2. The lowest BCUT2D eigenvalue weighted by Gasteiger charge is -2.04. The lowest BCUT2D eigenvalue weighted by atomic mass is 10.1. The van der Waals surface area contributed by atoms with Crippen LogP contribution in [0.4, 0.5) is 0 Å². The monoisotopic (exact) mass is 258 g/mol. The summed E-state index contributed by atoms with van der Waals surface area (Å²) >= 11 is 0. The van der Waals surface area contributed by atoms with Gasteiger partial charge in [-0.1, -0.05) is 60.7 Å². The highest BCUT2D eigenvalue weighted by Gasteiger charge is 2.12. The average Bonchev–Trinajstić information content (AvgIpc) is 2.92. The van der Waals surface area contributed by atoms with Crippen molar-refractivity contribution in [3.8, 4) is 17.3 Å². The standard InChI is InChI=1S/C17H12N3/c18-11-16-17(15-9-5-2-6-10-15)19-13-20(16)12-14-7-3-1-4-8-14/h1-10H,12H2. The molecule has 0 amide bonds. The fourth-order valence-electron chi connectivity index (χ4n) is 2.13. The van der Waals surface area contributed by atoms with Crippen molar-refractivity contribution < 1.29 is 0 Å². The molecular weight excluding hydrogens is 246 g/mol. The third-order valence-electron chi connectivity index (χ3n) is 3.11. The highest BCUT2D eigenvalue weighted by molar-refractivity contribution is 5.64. The summed E-state index contributed by atoms with van der Waals surface area (Å²) in [4.78, 5) is 4.27. The molecule has 0 bridgehead atoms. The van der Waals surface area contributed by atoms with Crippen molar-refractivity contribution >= 4 is 0 Å². The van der Waals surface area contributed by atoms with Crippen LogP contribution in [-0.2, 0) is 6.54 Å². The van der Waals surface area contributed by atoms with E-state index in [2.05, 4.69) is 17.4 Å². The van der Waals surface area contributed by atoms with Gasteiger partial charge >= 0.3 is 0 Å². The number of hydrogen-bond acceptors (Lipinski definition) is 2. The molecule has 95 valence electrons. The molecule has 1 aromatic heterocycles. The molecule has 0 saturated carbocycles. The van der Waals surface area contributed by atoms with E-state index in [0.717, 1.165) is 11.1 Å². The Balaban J connectivity index is 1.99. The van der Waals surface area contributed by atoms with Crippen LogP contribution in [0.5, 0.6) is 0 Å². The first-order chi connectivity index (χ1) is 9.88. The lowest BCUT2D eigenvalue weighted by Crippen LogP contribution is -2.01. The Labute approximate surface area is 117 Å². The summed E-state index contributed by atoms with van der Waals surface area (Å²) < 4.78 is 1.76. The van der Waals surface area contributed by atoms with Crippen LogP contribution in [0, 0.1) is 17.7 Å². The maximum Gasteiger partial charge on any atom is 0.178 e. The molecule has 0 spiro atoms. The van der Waals surface area contributed by atoms with Crippen LogP contribution in [0.25, 0.3) is 11.3 Å². The van der Waals surface area contributed by atoms with Crippen molar-refractivity contribution in [2.75, 3.05) is 0 Å². The van der Waals surface area contributed by atoms with E-state index in [4.69, 9.17) is 0 Å². The number of imidazole rings is 1. The highest BCUT2D eigenvalue weighted by atomic mass is 15.1. The molecule has 3 rings (SSSR count). The zero-order chi connectivity index (χ0) is 13.8. The van der Waals surface area contributed by atoms with E-state index in [0.29, 0.717) is 17.9 Å². The van der Waals surface area contributed by atoms with E-state index >= 15 is 0 Å². The topological polar surface area (TPSA) is 41.6 Å². The van der Waals surface area contributed by atoms with Crippen LogP contribution in [0.2, 0.25) is 0 Å². The van der Waals surface area contributed by atoms with Crippen molar-refractivity contribution in [1.82, 2.24) is 9.55 Å². The SMILES string of the molecule is N#Cc1c(-c2ccccc2)n[c]n1Cc1ccccc1. The molecule has 3 nitrogen and oxygen atoms in total. The normalized spacial score (nSPS) is 10.2.